The number of aromatic nitrogens is 4. The molecule has 0 saturated heterocycles. The van der Waals surface area contributed by atoms with Crippen molar-refractivity contribution in [3.63, 3.8) is 0 Å². The molecule has 0 spiro atoms. The molecule has 2 aromatic carbocycles. The Morgan fingerprint density at radius 3 is 2.59 bits per heavy atom. The van der Waals surface area contributed by atoms with Crippen LogP contribution in [0, 0.1) is 10.6 Å². The molecule has 10 heteroatoms. The molecule has 0 saturated carbocycles. The maximum Gasteiger partial charge on any atom is 0.214 e. The number of hydrogen-bond donors (Lipinski definition) is 2. The zero-order chi connectivity index (χ0) is 22.5. The average Bonchev–Trinajstić information content (AvgIpc) is 3.19. The first-order valence-corrected chi connectivity index (χ1v) is 10.8. The third-order valence-electron chi connectivity index (χ3n) is 4.71. The highest BCUT2D eigenvalue weighted by Gasteiger charge is 2.16. The lowest BCUT2D eigenvalue weighted by molar-refractivity contribution is 0.281. The van der Waals surface area contributed by atoms with Gasteiger partial charge in [-0.2, -0.15) is 5.10 Å². The maximum absolute atomic E-state index is 13.2. The highest BCUT2D eigenvalue weighted by molar-refractivity contribution is 9.10. The number of nitrogens with zero attached hydrogens (tertiary/aromatic N) is 3. The van der Waals surface area contributed by atoms with Crippen molar-refractivity contribution < 1.29 is 13.9 Å². The van der Waals surface area contributed by atoms with Gasteiger partial charge in [0.15, 0.2) is 17.3 Å². The summed E-state index contributed by atoms with van der Waals surface area (Å²) in [6, 6.07) is 13.6. The van der Waals surface area contributed by atoms with E-state index in [9.17, 15) is 4.39 Å². The summed E-state index contributed by atoms with van der Waals surface area (Å²) in [7, 11) is 1.58. The van der Waals surface area contributed by atoms with E-state index in [0.29, 0.717) is 28.6 Å². The van der Waals surface area contributed by atoms with Gasteiger partial charge < -0.3 is 14.9 Å². The SMILES string of the molecule is COc1ccc(Br)c(CNn2c(-c3ccncc3)n[nH]c2=S)c1OCc1ccc(F)cc1. The van der Waals surface area contributed by atoms with Crippen LogP contribution in [0.2, 0.25) is 0 Å². The van der Waals surface area contributed by atoms with Crippen LogP contribution < -0.4 is 14.9 Å². The van der Waals surface area contributed by atoms with Crippen molar-refractivity contribution in [2.45, 2.75) is 13.2 Å². The van der Waals surface area contributed by atoms with Crippen molar-refractivity contribution in [1.29, 1.82) is 0 Å². The van der Waals surface area contributed by atoms with Crippen LogP contribution in [-0.2, 0) is 13.2 Å². The Hall–Kier alpha value is -3.24. The van der Waals surface area contributed by atoms with Gasteiger partial charge in [-0.1, -0.05) is 28.1 Å². The van der Waals surface area contributed by atoms with Gasteiger partial charge in [-0.05, 0) is 54.2 Å². The second-order valence-electron chi connectivity index (χ2n) is 6.73. The maximum atomic E-state index is 13.2. The number of ether oxygens (including phenoxy) is 2. The van der Waals surface area contributed by atoms with Gasteiger partial charge in [-0.15, -0.1) is 0 Å². The van der Waals surface area contributed by atoms with Crippen molar-refractivity contribution in [3.8, 4) is 22.9 Å². The summed E-state index contributed by atoms with van der Waals surface area (Å²) in [5.41, 5.74) is 5.82. The standard InChI is InChI=1S/C22H19BrFN5O2S/c1-30-19-7-6-18(23)17(20(19)31-13-14-2-4-16(24)5-3-14)12-26-29-21(27-28-22(29)32)15-8-10-25-11-9-15/h2-11,26H,12-13H2,1H3,(H,28,32). The van der Waals surface area contributed by atoms with Gasteiger partial charge in [-0.3, -0.25) is 4.98 Å². The lowest BCUT2D eigenvalue weighted by Gasteiger charge is -2.18. The van der Waals surface area contributed by atoms with Crippen LogP contribution in [0.3, 0.4) is 0 Å². The van der Waals surface area contributed by atoms with Gasteiger partial charge in [0.2, 0.25) is 4.77 Å². The summed E-state index contributed by atoms with van der Waals surface area (Å²) in [4.78, 5) is 4.04. The molecule has 0 fully saturated rings. The summed E-state index contributed by atoms with van der Waals surface area (Å²) in [6.45, 7) is 0.621. The fraction of sp³-hybridized carbons (Fsp3) is 0.136. The lowest BCUT2D eigenvalue weighted by Crippen LogP contribution is -2.17. The minimum Gasteiger partial charge on any atom is -0.493 e. The minimum absolute atomic E-state index is 0.257. The van der Waals surface area contributed by atoms with Crippen LogP contribution in [-0.4, -0.2) is 27.0 Å². The number of rotatable bonds is 8. The highest BCUT2D eigenvalue weighted by atomic mass is 79.9. The Labute approximate surface area is 197 Å². The van der Waals surface area contributed by atoms with E-state index < -0.39 is 0 Å². The van der Waals surface area contributed by atoms with Crippen LogP contribution in [0.15, 0.2) is 65.4 Å². The number of halogens is 2. The number of hydrogen-bond acceptors (Lipinski definition) is 6. The van der Waals surface area contributed by atoms with Crippen LogP contribution in [0.4, 0.5) is 4.39 Å². The first kappa shape index (κ1) is 22.0. The number of H-pyrrole nitrogens is 1. The third-order valence-corrected chi connectivity index (χ3v) is 5.73. The van der Waals surface area contributed by atoms with Crippen molar-refractivity contribution in [2.75, 3.05) is 12.5 Å². The molecule has 32 heavy (non-hydrogen) atoms. The number of nitrogens with one attached hydrogen (secondary N) is 2. The quantitative estimate of drug-likeness (QED) is 0.312. The molecule has 0 aliphatic carbocycles. The molecular formula is C22H19BrFN5O2S. The van der Waals surface area contributed by atoms with Crippen molar-refractivity contribution in [3.05, 3.63) is 87.1 Å². The Morgan fingerprint density at radius 1 is 1.12 bits per heavy atom. The third kappa shape index (κ3) is 4.81. The number of aromatic amines is 1. The Morgan fingerprint density at radius 2 is 1.88 bits per heavy atom. The number of methoxy groups -OCH3 is 1. The number of benzene rings is 2. The Balaban J connectivity index is 1.61. The fourth-order valence-electron chi connectivity index (χ4n) is 3.10. The van der Waals surface area contributed by atoms with E-state index in [2.05, 4.69) is 36.5 Å². The van der Waals surface area contributed by atoms with E-state index in [0.717, 1.165) is 21.2 Å². The second-order valence-corrected chi connectivity index (χ2v) is 7.97. The lowest BCUT2D eigenvalue weighted by atomic mass is 10.1. The van der Waals surface area contributed by atoms with Crippen LogP contribution in [0.1, 0.15) is 11.1 Å². The summed E-state index contributed by atoms with van der Waals surface area (Å²) >= 11 is 9.00. The van der Waals surface area contributed by atoms with Gasteiger partial charge in [0.1, 0.15) is 12.4 Å². The van der Waals surface area contributed by atoms with E-state index in [1.165, 1.54) is 12.1 Å². The molecule has 2 N–H and O–H groups in total. The largest absolute Gasteiger partial charge is 0.493 e. The average molecular weight is 516 g/mol. The van der Waals surface area contributed by atoms with Gasteiger partial charge >= 0.3 is 0 Å². The smallest absolute Gasteiger partial charge is 0.214 e. The van der Waals surface area contributed by atoms with E-state index >= 15 is 0 Å². The molecule has 7 nitrogen and oxygen atoms in total. The van der Waals surface area contributed by atoms with E-state index in [1.54, 1.807) is 36.3 Å². The molecule has 2 heterocycles. The zero-order valence-electron chi connectivity index (χ0n) is 17.0. The molecule has 164 valence electrons. The summed E-state index contributed by atoms with van der Waals surface area (Å²) in [5, 5.41) is 7.13. The summed E-state index contributed by atoms with van der Waals surface area (Å²) in [6.07, 6.45) is 3.38. The first-order valence-electron chi connectivity index (χ1n) is 9.61. The van der Waals surface area contributed by atoms with Gasteiger partial charge in [0.25, 0.3) is 0 Å². The Bertz CT molecular complexity index is 1260. The van der Waals surface area contributed by atoms with Crippen molar-refractivity contribution in [2.24, 2.45) is 0 Å². The van der Waals surface area contributed by atoms with Crippen LogP contribution >= 0.6 is 28.1 Å². The topological polar surface area (TPSA) is 77.0 Å². The normalized spacial score (nSPS) is 10.7. The number of pyridine rings is 1. The van der Waals surface area contributed by atoms with Crippen molar-refractivity contribution >= 4 is 28.1 Å². The summed E-state index contributed by atoms with van der Waals surface area (Å²) in [5.74, 6) is 1.49. The highest BCUT2D eigenvalue weighted by Crippen LogP contribution is 2.37. The Kier molecular flexibility index (Phi) is 6.81. The second kappa shape index (κ2) is 9.92. The molecule has 2 aromatic heterocycles. The molecule has 0 amide bonds. The van der Waals surface area contributed by atoms with Gasteiger partial charge in [-0.25, -0.2) is 14.2 Å². The molecule has 4 rings (SSSR count). The molecule has 0 radical (unpaired) electrons. The van der Waals surface area contributed by atoms with E-state index in [4.69, 9.17) is 21.7 Å². The van der Waals surface area contributed by atoms with Gasteiger partial charge in [0.05, 0.1) is 13.7 Å². The molecule has 0 aliphatic rings. The van der Waals surface area contributed by atoms with Crippen molar-refractivity contribution in [1.82, 2.24) is 19.9 Å². The predicted octanol–water partition coefficient (Wildman–Crippen LogP) is 5.24. The fourth-order valence-corrected chi connectivity index (χ4v) is 3.75. The van der Waals surface area contributed by atoms with Crippen LogP contribution in [0.25, 0.3) is 11.4 Å². The predicted molar refractivity (Wildman–Crippen MR) is 125 cm³/mol. The molecule has 0 bridgehead atoms. The molecular weight excluding hydrogens is 497 g/mol. The monoisotopic (exact) mass is 515 g/mol. The summed E-state index contributed by atoms with van der Waals surface area (Å²) < 4.78 is 27.8. The molecule has 0 unspecified atom stereocenters. The zero-order valence-corrected chi connectivity index (χ0v) is 19.4. The van der Waals surface area contributed by atoms with Crippen LogP contribution in [0.5, 0.6) is 11.5 Å². The first-order chi connectivity index (χ1) is 15.6. The van der Waals surface area contributed by atoms with Gasteiger partial charge in [0, 0.05) is 28.0 Å². The van der Waals surface area contributed by atoms with E-state index in [-0.39, 0.29) is 12.4 Å². The molecule has 0 aliphatic heterocycles. The minimum atomic E-state index is -0.291. The van der Waals surface area contributed by atoms with E-state index in [1.807, 2.05) is 24.3 Å². The molecule has 4 aromatic rings. The molecule has 0 atom stereocenters.